The van der Waals surface area contributed by atoms with Crippen LogP contribution < -0.4 is 5.32 Å². The Bertz CT molecular complexity index is 909. The van der Waals surface area contributed by atoms with Crippen LogP contribution in [0, 0.1) is 0 Å². The van der Waals surface area contributed by atoms with Crippen molar-refractivity contribution in [2.24, 2.45) is 7.05 Å². The molecule has 5 nitrogen and oxygen atoms in total. The summed E-state index contributed by atoms with van der Waals surface area (Å²) in [4.78, 5) is 23.4. The molecule has 112 valence electrons. The van der Waals surface area contributed by atoms with Gasteiger partial charge in [-0.2, -0.15) is 0 Å². The van der Waals surface area contributed by atoms with Crippen LogP contribution in [0.25, 0.3) is 21.8 Å². The molecule has 3 aromatic rings. The average molecular weight is 296 g/mol. The van der Waals surface area contributed by atoms with Crippen LogP contribution in [-0.2, 0) is 16.6 Å². The fourth-order valence-corrected chi connectivity index (χ4v) is 2.78. The van der Waals surface area contributed by atoms with Gasteiger partial charge in [-0.1, -0.05) is 18.2 Å². The van der Waals surface area contributed by atoms with Gasteiger partial charge >= 0.3 is 5.97 Å². The third-order valence-electron chi connectivity index (χ3n) is 3.77. The van der Waals surface area contributed by atoms with Gasteiger partial charge in [-0.25, -0.2) is 4.79 Å². The topological polar surface area (TPSA) is 60.3 Å². The third kappa shape index (κ3) is 2.11. The number of aryl methyl sites for hydroxylation is 1. The number of ether oxygens (including phenoxy) is 1. The first-order chi connectivity index (χ1) is 10.5. The molecule has 1 N–H and O–H groups in total. The molecule has 2 aromatic carbocycles. The van der Waals surface area contributed by atoms with Gasteiger partial charge < -0.3 is 14.6 Å². The Morgan fingerprint density at radius 1 is 1.09 bits per heavy atom. The molecule has 1 amide bonds. The van der Waals surface area contributed by atoms with E-state index in [4.69, 9.17) is 4.74 Å². The number of carbonyl (C=O) groups is 2. The maximum Gasteiger partial charge on any atom is 0.340 e. The molecular formula is C17H16N2O3. The molecule has 0 unspecified atom stereocenters. The molecule has 1 aromatic heterocycles. The number of hydrogen-bond acceptors (Lipinski definition) is 3. The molecule has 0 fully saturated rings. The highest BCUT2D eigenvalue weighted by atomic mass is 16.5. The predicted molar refractivity (Wildman–Crippen MR) is 86.1 cm³/mol. The SMILES string of the molecule is COC(=O)c1cc2c(cc1NC(C)=O)c1ccccc1n2C. The first kappa shape index (κ1) is 14.1. The zero-order valence-corrected chi connectivity index (χ0v) is 12.6. The minimum Gasteiger partial charge on any atom is -0.465 e. The van der Waals surface area contributed by atoms with E-state index in [0.717, 1.165) is 21.8 Å². The van der Waals surface area contributed by atoms with Crippen molar-refractivity contribution < 1.29 is 14.3 Å². The van der Waals surface area contributed by atoms with Crippen LogP contribution in [0.5, 0.6) is 0 Å². The van der Waals surface area contributed by atoms with Crippen LogP contribution in [0.1, 0.15) is 17.3 Å². The molecule has 1 heterocycles. The minimum atomic E-state index is -0.476. The molecule has 0 saturated heterocycles. The number of para-hydroxylation sites is 1. The maximum atomic E-state index is 12.0. The number of hydrogen-bond donors (Lipinski definition) is 1. The number of fused-ring (bicyclic) bond motifs is 3. The Hall–Kier alpha value is -2.82. The van der Waals surface area contributed by atoms with Crippen molar-refractivity contribution in [2.45, 2.75) is 6.92 Å². The number of benzene rings is 2. The van der Waals surface area contributed by atoms with Gasteiger partial charge in [0.1, 0.15) is 0 Å². The van der Waals surface area contributed by atoms with E-state index in [2.05, 4.69) is 5.32 Å². The van der Waals surface area contributed by atoms with Gasteiger partial charge in [0.15, 0.2) is 0 Å². The summed E-state index contributed by atoms with van der Waals surface area (Å²) in [5.74, 6) is -0.708. The molecule has 22 heavy (non-hydrogen) atoms. The highest BCUT2D eigenvalue weighted by Gasteiger charge is 2.17. The molecule has 0 aliphatic heterocycles. The van der Waals surface area contributed by atoms with Gasteiger partial charge in [0.05, 0.1) is 18.4 Å². The molecule has 0 aliphatic carbocycles. The molecule has 0 atom stereocenters. The Morgan fingerprint density at radius 3 is 2.50 bits per heavy atom. The Labute approximate surface area is 127 Å². The van der Waals surface area contributed by atoms with Crippen LogP contribution >= 0.6 is 0 Å². The molecule has 3 rings (SSSR count). The fourth-order valence-electron chi connectivity index (χ4n) is 2.78. The number of anilines is 1. The van der Waals surface area contributed by atoms with E-state index >= 15 is 0 Å². The Morgan fingerprint density at radius 2 is 1.82 bits per heavy atom. The molecule has 0 spiro atoms. The van der Waals surface area contributed by atoms with E-state index in [-0.39, 0.29) is 5.91 Å². The van der Waals surface area contributed by atoms with Gasteiger partial charge in [0.25, 0.3) is 0 Å². The summed E-state index contributed by atoms with van der Waals surface area (Å²) in [6.07, 6.45) is 0. The first-order valence-corrected chi connectivity index (χ1v) is 6.90. The minimum absolute atomic E-state index is 0.232. The third-order valence-corrected chi connectivity index (χ3v) is 3.77. The second-order valence-electron chi connectivity index (χ2n) is 5.16. The summed E-state index contributed by atoms with van der Waals surface area (Å²) in [5, 5.41) is 4.76. The lowest BCUT2D eigenvalue weighted by Crippen LogP contribution is -2.12. The van der Waals surface area contributed by atoms with Crippen molar-refractivity contribution in [3.05, 3.63) is 42.0 Å². The molecule has 0 saturated carbocycles. The van der Waals surface area contributed by atoms with Crippen molar-refractivity contribution >= 4 is 39.4 Å². The van der Waals surface area contributed by atoms with Gasteiger partial charge in [-0.15, -0.1) is 0 Å². The quantitative estimate of drug-likeness (QED) is 0.739. The highest BCUT2D eigenvalue weighted by molar-refractivity contribution is 6.13. The summed E-state index contributed by atoms with van der Waals surface area (Å²) in [7, 11) is 3.27. The van der Waals surface area contributed by atoms with Crippen LogP contribution in [0.4, 0.5) is 5.69 Å². The lowest BCUT2D eigenvalue weighted by molar-refractivity contribution is -0.114. The zero-order valence-electron chi connectivity index (χ0n) is 12.6. The van der Waals surface area contributed by atoms with Gasteiger partial charge in [-0.05, 0) is 18.2 Å². The van der Waals surface area contributed by atoms with Gasteiger partial charge in [0.2, 0.25) is 5.91 Å². The smallest absolute Gasteiger partial charge is 0.340 e. The number of aromatic nitrogens is 1. The first-order valence-electron chi connectivity index (χ1n) is 6.90. The highest BCUT2D eigenvalue weighted by Crippen LogP contribution is 2.32. The number of methoxy groups -OCH3 is 1. The van der Waals surface area contributed by atoms with Gasteiger partial charge in [0, 0.05) is 35.8 Å². The van der Waals surface area contributed by atoms with Crippen molar-refractivity contribution in [3.63, 3.8) is 0 Å². The van der Waals surface area contributed by atoms with E-state index < -0.39 is 5.97 Å². The van der Waals surface area contributed by atoms with Gasteiger partial charge in [-0.3, -0.25) is 4.79 Å². The van der Waals surface area contributed by atoms with Crippen LogP contribution in [0.2, 0.25) is 0 Å². The van der Waals surface area contributed by atoms with Crippen molar-refractivity contribution in [3.8, 4) is 0 Å². The second kappa shape index (κ2) is 5.18. The van der Waals surface area contributed by atoms with E-state index in [1.165, 1.54) is 14.0 Å². The standard InChI is InChI=1S/C17H16N2O3/c1-10(20)18-14-8-12-11-6-4-5-7-15(11)19(2)16(12)9-13(14)17(21)22-3/h4-9H,1-3H3,(H,18,20). The fraction of sp³-hybridized carbons (Fsp3) is 0.176. The maximum absolute atomic E-state index is 12.0. The second-order valence-corrected chi connectivity index (χ2v) is 5.16. The largest absolute Gasteiger partial charge is 0.465 e. The van der Waals surface area contributed by atoms with E-state index in [1.807, 2.05) is 41.9 Å². The molecule has 0 bridgehead atoms. The zero-order chi connectivity index (χ0) is 15.9. The van der Waals surface area contributed by atoms with Crippen LogP contribution in [0.3, 0.4) is 0 Å². The predicted octanol–water partition coefficient (Wildman–Crippen LogP) is 3.08. The summed E-state index contributed by atoms with van der Waals surface area (Å²) in [5.41, 5.74) is 2.78. The lowest BCUT2D eigenvalue weighted by atomic mass is 10.1. The molecular weight excluding hydrogens is 280 g/mol. The number of esters is 1. The summed E-state index contributed by atoms with van der Waals surface area (Å²) in [6, 6.07) is 11.6. The normalized spacial score (nSPS) is 10.9. The number of nitrogens with zero attached hydrogens (tertiary/aromatic N) is 1. The summed E-state index contributed by atoms with van der Waals surface area (Å²) < 4.78 is 6.84. The molecule has 5 heteroatoms. The number of carbonyl (C=O) groups excluding carboxylic acids is 2. The lowest BCUT2D eigenvalue weighted by Gasteiger charge is -2.09. The van der Waals surface area contributed by atoms with E-state index in [0.29, 0.717) is 11.3 Å². The summed E-state index contributed by atoms with van der Waals surface area (Å²) in [6.45, 7) is 1.41. The molecule has 0 aliphatic rings. The monoisotopic (exact) mass is 296 g/mol. The summed E-state index contributed by atoms with van der Waals surface area (Å²) >= 11 is 0. The van der Waals surface area contributed by atoms with Crippen LogP contribution in [-0.4, -0.2) is 23.6 Å². The molecule has 0 radical (unpaired) electrons. The average Bonchev–Trinajstić information content (AvgIpc) is 2.78. The van der Waals surface area contributed by atoms with E-state index in [9.17, 15) is 9.59 Å². The number of amides is 1. The van der Waals surface area contributed by atoms with Crippen molar-refractivity contribution in [1.82, 2.24) is 4.57 Å². The Kier molecular flexibility index (Phi) is 3.33. The van der Waals surface area contributed by atoms with E-state index in [1.54, 1.807) is 6.07 Å². The Balaban J connectivity index is 2.38. The number of rotatable bonds is 2. The van der Waals surface area contributed by atoms with Crippen molar-refractivity contribution in [2.75, 3.05) is 12.4 Å². The van der Waals surface area contributed by atoms with Crippen LogP contribution in [0.15, 0.2) is 36.4 Å². The number of nitrogens with one attached hydrogen (secondary N) is 1. The van der Waals surface area contributed by atoms with Crippen molar-refractivity contribution in [1.29, 1.82) is 0 Å².